The van der Waals surface area contributed by atoms with Crippen molar-refractivity contribution in [1.82, 2.24) is 10.7 Å². The molecule has 1 unspecified atom stereocenters. The number of hydrazone groups is 1. The Morgan fingerprint density at radius 1 is 1.24 bits per heavy atom. The lowest BCUT2D eigenvalue weighted by atomic mass is 10.0. The van der Waals surface area contributed by atoms with E-state index in [2.05, 4.69) is 15.8 Å². The Kier molecular flexibility index (Phi) is 7.58. The second-order valence-corrected chi connectivity index (χ2v) is 6.17. The number of methoxy groups -OCH3 is 1. The van der Waals surface area contributed by atoms with Crippen LogP contribution in [0.5, 0.6) is 0 Å². The Hall–Kier alpha value is -2.90. The maximum Gasteiger partial charge on any atom is 0.408 e. The van der Waals surface area contributed by atoms with Crippen molar-refractivity contribution in [3.8, 4) is 0 Å². The van der Waals surface area contributed by atoms with Gasteiger partial charge >= 0.3 is 12.1 Å². The molecule has 0 aliphatic rings. The van der Waals surface area contributed by atoms with E-state index in [1.807, 2.05) is 0 Å². The zero-order chi connectivity index (χ0) is 18.9. The molecule has 8 nitrogen and oxygen atoms in total. The van der Waals surface area contributed by atoms with E-state index < -0.39 is 23.7 Å². The fourth-order valence-corrected chi connectivity index (χ4v) is 1.90. The monoisotopic (exact) mass is 349 g/mol. The summed E-state index contributed by atoms with van der Waals surface area (Å²) in [7, 11) is 1.26. The number of alkyl carbamates (subject to hydrolysis) is 1. The van der Waals surface area contributed by atoms with Crippen LogP contribution in [0.25, 0.3) is 0 Å². The molecule has 1 rings (SSSR count). The maximum atomic E-state index is 11.9. The van der Waals surface area contributed by atoms with Gasteiger partial charge in [-0.2, -0.15) is 5.10 Å². The highest BCUT2D eigenvalue weighted by Crippen LogP contribution is 2.10. The van der Waals surface area contributed by atoms with Crippen LogP contribution in [0.15, 0.2) is 29.4 Å². The summed E-state index contributed by atoms with van der Waals surface area (Å²) < 4.78 is 9.90. The van der Waals surface area contributed by atoms with Crippen LogP contribution >= 0.6 is 0 Å². The summed E-state index contributed by atoms with van der Waals surface area (Å²) in [6.45, 7) is 5.21. The Balaban J connectivity index is 2.76. The predicted octanol–water partition coefficient (Wildman–Crippen LogP) is 1.38. The first kappa shape index (κ1) is 20.1. The molecule has 0 aliphatic heterocycles. The second kappa shape index (κ2) is 9.41. The van der Waals surface area contributed by atoms with Gasteiger partial charge in [0.25, 0.3) is 0 Å². The topological polar surface area (TPSA) is 106 Å². The third kappa shape index (κ3) is 7.96. The van der Waals surface area contributed by atoms with E-state index in [-0.39, 0.29) is 6.42 Å². The molecule has 2 amide bonds. The Morgan fingerprint density at radius 3 is 2.40 bits per heavy atom. The van der Waals surface area contributed by atoms with Crippen LogP contribution in [0.2, 0.25) is 0 Å². The van der Waals surface area contributed by atoms with E-state index in [0.717, 1.165) is 11.1 Å². The number of carbonyl (C=O) groups excluding carboxylic acids is 3. The molecule has 0 heterocycles. The fourth-order valence-electron chi connectivity index (χ4n) is 1.90. The number of rotatable bonds is 7. The fraction of sp³-hybridized carbons (Fsp3) is 0.412. The minimum atomic E-state index is -0.865. The summed E-state index contributed by atoms with van der Waals surface area (Å²) in [4.78, 5) is 33.9. The van der Waals surface area contributed by atoms with E-state index in [9.17, 15) is 14.4 Å². The van der Waals surface area contributed by atoms with Gasteiger partial charge in [0.1, 0.15) is 11.6 Å². The number of amides is 2. The Morgan fingerprint density at radius 2 is 1.88 bits per heavy atom. The van der Waals surface area contributed by atoms with Crippen LogP contribution in [-0.4, -0.2) is 43.4 Å². The molecule has 1 atom stereocenters. The summed E-state index contributed by atoms with van der Waals surface area (Å²) in [5.41, 5.74) is 3.09. The van der Waals surface area contributed by atoms with Gasteiger partial charge in [0.05, 0.1) is 13.3 Å². The van der Waals surface area contributed by atoms with Crippen molar-refractivity contribution in [2.75, 3.05) is 7.11 Å². The zero-order valence-corrected chi connectivity index (χ0v) is 14.7. The first-order chi connectivity index (χ1) is 11.7. The Labute approximate surface area is 146 Å². The van der Waals surface area contributed by atoms with Gasteiger partial charge in [-0.25, -0.2) is 15.0 Å². The number of carbonyl (C=O) groups is 3. The van der Waals surface area contributed by atoms with Crippen molar-refractivity contribution in [3.63, 3.8) is 0 Å². The van der Waals surface area contributed by atoms with Crippen LogP contribution in [-0.2, 0) is 25.5 Å². The summed E-state index contributed by atoms with van der Waals surface area (Å²) in [6, 6.07) is 6.25. The van der Waals surface area contributed by atoms with Crippen LogP contribution in [0.3, 0.4) is 0 Å². The molecular formula is C17H23N3O5. The highest BCUT2D eigenvalue weighted by Gasteiger charge is 2.25. The first-order valence-corrected chi connectivity index (χ1v) is 7.63. The van der Waals surface area contributed by atoms with Gasteiger partial charge in [-0.05, 0) is 31.9 Å². The summed E-state index contributed by atoms with van der Waals surface area (Å²) in [5.74, 6) is -0.563. The molecular weight excluding hydrogens is 326 g/mol. The summed E-state index contributed by atoms with van der Waals surface area (Å²) in [6.07, 6.45) is 1.51. The average Bonchev–Trinajstić information content (AvgIpc) is 2.53. The van der Waals surface area contributed by atoms with Crippen molar-refractivity contribution in [1.29, 1.82) is 0 Å². The predicted molar refractivity (Wildman–Crippen MR) is 92.1 cm³/mol. The van der Waals surface area contributed by atoms with Crippen molar-refractivity contribution in [3.05, 3.63) is 35.4 Å². The number of hydrogen-bond acceptors (Lipinski definition) is 6. The smallest absolute Gasteiger partial charge is 0.408 e. The van der Waals surface area contributed by atoms with E-state index in [1.54, 1.807) is 45.0 Å². The van der Waals surface area contributed by atoms with Gasteiger partial charge in [-0.1, -0.05) is 24.3 Å². The van der Waals surface area contributed by atoms with Gasteiger partial charge in [0.2, 0.25) is 6.41 Å². The molecule has 0 bridgehead atoms. The van der Waals surface area contributed by atoms with Gasteiger partial charge in [-0.15, -0.1) is 0 Å². The molecule has 0 fully saturated rings. The molecule has 8 heteroatoms. The van der Waals surface area contributed by atoms with Crippen molar-refractivity contribution in [2.24, 2.45) is 5.10 Å². The lowest BCUT2D eigenvalue weighted by Gasteiger charge is -2.22. The quantitative estimate of drug-likeness (QED) is 0.335. The van der Waals surface area contributed by atoms with Gasteiger partial charge in [0.15, 0.2) is 0 Å². The molecule has 0 saturated carbocycles. The molecule has 0 aliphatic carbocycles. The molecule has 1 aromatic carbocycles. The molecule has 2 N–H and O–H groups in total. The zero-order valence-electron chi connectivity index (χ0n) is 14.7. The lowest BCUT2D eigenvalue weighted by Crippen LogP contribution is -2.45. The van der Waals surface area contributed by atoms with Gasteiger partial charge in [-0.3, -0.25) is 4.79 Å². The standard InChI is InChI=1S/C17H23N3O5/c1-17(2,3)25-16(23)20-14(15(22)24-4)9-12-5-7-13(8-6-12)10-18-19-11-21/h5-8,10-11,14H,9H2,1-4H3,(H,19,21)(H,20,23). The van der Waals surface area contributed by atoms with Crippen LogP contribution in [0.1, 0.15) is 31.9 Å². The minimum Gasteiger partial charge on any atom is -0.467 e. The summed E-state index contributed by atoms with van der Waals surface area (Å²) >= 11 is 0. The minimum absolute atomic E-state index is 0.246. The van der Waals surface area contributed by atoms with Gasteiger partial charge < -0.3 is 14.8 Å². The average molecular weight is 349 g/mol. The van der Waals surface area contributed by atoms with Crippen molar-refractivity contribution < 1.29 is 23.9 Å². The molecule has 25 heavy (non-hydrogen) atoms. The molecule has 0 radical (unpaired) electrons. The number of esters is 1. The molecule has 0 saturated heterocycles. The Bertz CT molecular complexity index is 620. The van der Waals surface area contributed by atoms with Crippen molar-refractivity contribution in [2.45, 2.75) is 38.8 Å². The van der Waals surface area contributed by atoms with Crippen molar-refractivity contribution >= 4 is 24.7 Å². The lowest BCUT2D eigenvalue weighted by molar-refractivity contribution is -0.143. The normalized spacial score (nSPS) is 12.3. The van der Waals surface area contributed by atoms with Gasteiger partial charge in [0, 0.05) is 6.42 Å². The van der Waals surface area contributed by atoms with E-state index in [1.165, 1.54) is 13.3 Å². The maximum absolute atomic E-state index is 11.9. The number of nitrogens with one attached hydrogen (secondary N) is 2. The molecule has 1 aromatic rings. The number of hydrogen-bond donors (Lipinski definition) is 2. The van der Waals surface area contributed by atoms with Crippen LogP contribution in [0.4, 0.5) is 4.79 Å². The van der Waals surface area contributed by atoms with E-state index in [0.29, 0.717) is 6.41 Å². The molecule has 136 valence electrons. The highest BCUT2D eigenvalue weighted by atomic mass is 16.6. The van der Waals surface area contributed by atoms with Crippen LogP contribution in [0, 0.1) is 0 Å². The molecule has 0 aromatic heterocycles. The third-order valence-electron chi connectivity index (χ3n) is 2.94. The van der Waals surface area contributed by atoms with Crippen LogP contribution < -0.4 is 10.7 Å². The number of benzene rings is 1. The van der Waals surface area contributed by atoms with E-state index >= 15 is 0 Å². The largest absolute Gasteiger partial charge is 0.467 e. The second-order valence-electron chi connectivity index (χ2n) is 6.17. The number of nitrogens with zero attached hydrogens (tertiary/aromatic N) is 1. The van der Waals surface area contributed by atoms with E-state index in [4.69, 9.17) is 9.47 Å². The SMILES string of the molecule is COC(=O)C(Cc1ccc(C=NNC=O)cc1)NC(=O)OC(C)(C)C. The molecule has 0 spiro atoms. The summed E-state index contributed by atoms with van der Waals surface area (Å²) in [5, 5.41) is 6.19. The first-order valence-electron chi connectivity index (χ1n) is 7.63. The highest BCUT2D eigenvalue weighted by molar-refractivity contribution is 5.82. The number of ether oxygens (including phenoxy) is 2. The third-order valence-corrected chi connectivity index (χ3v) is 2.94.